The maximum atomic E-state index is 13.6. The summed E-state index contributed by atoms with van der Waals surface area (Å²) in [6.45, 7) is 9.70. The Morgan fingerprint density at radius 1 is 1.10 bits per heavy atom. The first-order valence-corrected chi connectivity index (χ1v) is 12.9. The molecule has 0 unspecified atom stereocenters. The molecule has 3 aromatic rings. The lowest BCUT2D eigenvalue weighted by molar-refractivity contribution is -0.141. The maximum absolute atomic E-state index is 13.6. The molecule has 39 heavy (non-hydrogen) atoms. The van der Waals surface area contributed by atoms with Gasteiger partial charge < -0.3 is 25.5 Å². The van der Waals surface area contributed by atoms with Gasteiger partial charge in [-0.05, 0) is 52.6 Å². The number of nitrogens with two attached hydrogens (primary N) is 1. The molecule has 2 aromatic carbocycles. The van der Waals surface area contributed by atoms with E-state index in [1.165, 1.54) is 23.4 Å². The number of hydrogen-bond acceptors (Lipinski definition) is 7. The van der Waals surface area contributed by atoms with Gasteiger partial charge in [0.25, 0.3) is 0 Å². The van der Waals surface area contributed by atoms with Crippen LogP contribution >= 0.6 is 0 Å². The van der Waals surface area contributed by atoms with Crippen LogP contribution in [0.3, 0.4) is 0 Å². The molecule has 4 N–H and O–H groups in total. The lowest BCUT2D eigenvalue weighted by Gasteiger charge is -2.33. The number of nitrogens with zero attached hydrogens (tertiary/aromatic N) is 3. The smallest absolute Gasteiger partial charge is 0.243 e. The summed E-state index contributed by atoms with van der Waals surface area (Å²) in [5.41, 5.74) is 8.26. The fourth-order valence-corrected chi connectivity index (χ4v) is 4.62. The summed E-state index contributed by atoms with van der Waals surface area (Å²) < 4.78 is 18.7. The first kappa shape index (κ1) is 29.8. The molecule has 0 aliphatic carbocycles. The molecule has 10 heteroatoms. The van der Waals surface area contributed by atoms with Gasteiger partial charge in [-0.2, -0.15) is 0 Å². The molecule has 210 valence electrons. The number of phenolic OH excluding ortho intramolecular Hbond substituents is 1. The van der Waals surface area contributed by atoms with E-state index in [1.807, 2.05) is 40.7 Å². The molecule has 0 aliphatic rings. The highest BCUT2D eigenvalue weighted by Gasteiger charge is 2.34. The van der Waals surface area contributed by atoms with Gasteiger partial charge in [0.1, 0.15) is 23.7 Å². The first-order valence-electron chi connectivity index (χ1n) is 12.9. The monoisotopic (exact) mass is 539 g/mol. The van der Waals surface area contributed by atoms with Crippen molar-refractivity contribution < 1.29 is 23.5 Å². The highest BCUT2D eigenvalue weighted by atomic mass is 19.1. The van der Waals surface area contributed by atoms with Gasteiger partial charge in [0.05, 0.1) is 6.04 Å². The lowest BCUT2D eigenvalue weighted by atomic mass is 9.84. The van der Waals surface area contributed by atoms with Crippen LogP contribution in [0, 0.1) is 11.7 Å². The van der Waals surface area contributed by atoms with E-state index in [2.05, 4.69) is 15.5 Å². The van der Waals surface area contributed by atoms with E-state index in [-0.39, 0.29) is 35.2 Å². The van der Waals surface area contributed by atoms with E-state index in [0.717, 1.165) is 16.7 Å². The predicted molar refractivity (Wildman–Crippen MR) is 145 cm³/mol. The number of aromatic hydroxyl groups is 1. The minimum absolute atomic E-state index is 0.196. The number of likely N-dealkylation sites (N-methyl/N-ethyl adjacent to an activating group) is 1. The summed E-state index contributed by atoms with van der Waals surface area (Å²) in [6.07, 6.45) is 1.72. The van der Waals surface area contributed by atoms with Crippen LogP contribution in [0.4, 0.5) is 4.39 Å². The Morgan fingerprint density at radius 3 is 2.31 bits per heavy atom. The van der Waals surface area contributed by atoms with Crippen molar-refractivity contribution in [3.05, 3.63) is 77.3 Å². The molecule has 9 nitrogen and oxygen atoms in total. The Hall–Kier alpha value is -3.79. The molecule has 0 spiro atoms. The molecule has 0 saturated heterocycles. The number of nitrogens with one attached hydrogen (secondary N) is 1. The van der Waals surface area contributed by atoms with E-state index in [0.29, 0.717) is 6.42 Å². The fourth-order valence-electron chi connectivity index (χ4n) is 4.62. The second kappa shape index (κ2) is 12.4. The van der Waals surface area contributed by atoms with Gasteiger partial charge >= 0.3 is 0 Å². The highest BCUT2D eigenvalue weighted by molar-refractivity contribution is 5.90. The van der Waals surface area contributed by atoms with Crippen molar-refractivity contribution in [2.75, 3.05) is 7.05 Å². The van der Waals surface area contributed by atoms with Crippen molar-refractivity contribution in [2.24, 2.45) is 11.7 Å². The number of amides is 2. The first-order chi connectivity index (χ1) is 18.3. The minimum atomic E-state index is -0.908. The molecule has 0 saturated carbocycles. The number of halogens is 1. The molecular weight excluding hydrogens is 501 g/mol. The average Bonchev–Trinajstić information content (AvgIpc) is 3.40. The molecule has 0 radical (unpaired) electrons. The van der Waals surface area contributed by atoms with Crippen LogP contribution in [0.25, 0.3) is 0 Å². The Morgan fingerprint density at radius 2 is 1.74 bits per heavy atom. The zero-order chi connectivity index (χ0) is 28.9. The van der Waals surface area contributed by atoms with Gasteiger partial charge in [0.15, 0.2) is 0 Å². The summed E-state index contributed by atoms with van der Waals surface area (Å²) in [7, 11) is 1.55. The molecule has 1 heterocycles. The third kappa shape index (κ3) is 7.63. The second-order valence-corrected chi connectivity index (χ2v) is 11.2. The summed E-state index contributed by atoms with van der Waals surface area (Å²) in [6, 6.07) is 8.70. The van der Waals surface area contributed by atoms with Gasteiger partial charge in [-0.3, -0.25) is 9.59 Å². The summed E-state index contributed by atoms with van der Waals surface area (Å²) >= 11 is 0. The van der Waals surface area contributed by atoms with Crippen LogP contribution in [-0.2, 0) is 27.8 Å². The molecule has 0 bridgehead atoms. The Bertz CT molecular complexity index is 1260. The Kier molecular flexibility index (Phi) is 9.45. The van der Waals surface area contributed by atoms with Gasteiger partial charge in [-0.1, -0.05) is 58.9 Å². The average molecular weight is 540 g/mol. The second-order valence-electron chi connectivity index (χ2n) is 11.2. The highest BCUT2D eigenvalue weighted by Crippen LogP contribution is 2.32. The number of aromatic nitrogens is 2. The Balaban J connectivity index is 1.80. The summed E-state index contributed by atoms with van der Waals surface area (Å²) in [4.78, 5) is 28.2. The summed E-state index contributed by atoms with van der Waals surface area (Å²) in [5, 5.41) is 21.1. The van der Waals surface area contributed by atoms with E-state index < -0.39 is 29.9 Å². The zero-order valence-corrected chi connectivity index (χ0v) is 23.3. The number of carbonyl (C=O) groups is 2. The normalized spacial score (nSPS) is 14.1. The third-order valence-electron chi connectivity index (χ3n) is 6.65. The van der Waals surface area contributed by atoms with Crippen molar-refractivity contribution in [3.8, 4) is 5.75 Å². The number of benzene rings is 2. The number of phenols is 1. The van der Waals surface area contributed by atoms with Gasteiger partial charge in [-0.15, -0.1) is 10.2 Å². The molecule has 3 rings (SSSR count). The Labute approximate surface area is 228 Å². The van der Waals surface area contributed by atoms with Crippen molar-refractivity contribution in [1.82, 2.24) is 20.4 Å². The molecule has 2 amide bonds. The van der Waals surface area contributed by atoms with E-state index >= 15 is 0 Å². The van der Waals surface area contributed by atoms with Crippen LogP contribution in [-0.4, -0.2) is 51.1 Å². The van der Waals surface area contributed by atoms with E-state index in [4.69, 9.17) is 10.2 Å². The van der Waals surface area contributed by atoms with Crippen LogP contribution in [0.15, 0.2) is 53.3 Å². The van der Waals surface area contributed by atoms with Gasteiger partial charge in [0.2, 0.25) is 24.1 Å². The molecule has 0 aliphatic heterocycles. The summed E-state index contributed by atoms with van der Waals surface area (Å²) in [5.74, 6) is -0.991. The molecule has 1 aromatic heterocycles. The van der Waals surface area contributed by atoms with Crippen molar-refractivity contribution in [2.45, 2.75) is 71.0 Å². The fraction of sp³-hybridized carbons (Fsp3) is 0.448. The zero-order valence-electron chi connectivity index (χ0n) is 23.3. The van der Waals surface area contributed by atoms with E-state index in [1.54, 1.807) is 31.3 Å². The van der Waals surface area contributed by atoms with Crippen LogP contribution in [0.5, 0.6) is 5.75 Å². The standard InChI is InChI=1S/C29H38FN5O4/c1-17(2)25(35(6)28(38)22(31)14-18-7-10-20(30)11-8-18)26(37)33-23(27-34-32-16-39-27)15-19-9-12-24(36)21(13-19)29(3,4)5/h7-13,16-17,22-23,25,36H,14-15,31H2,1-6H3,(H,33,37)/t22-,23-,25-/m0/s1. The van der Waals surface area contributed by atoms with Crippen LogP contribution in [0.2, 0.25) is 0 Å². The van der Waals surface area contributed by atoms with Crippen molar-refractivity contribution in [3.63, 3.8) is 0 Å². The topological polar surface area (TPSA) is 135 Å². The van der Waals surface area contributed by atoms with E-state index in [9.17, 15) is 19.1 Å². The van der Waals surface area contributed by atoms with Crippen LogP contribution in [0.1, 0.15) is 63.2 Å². The predicted octanol–water partition coefficient (Wildman–Crippen LogP) is 3.66. The largest absolute Gasteiger partial charge is 0.508 e. The molecular formula is C29H38FN5O4. The van der Waals surface area contributed by atoms with Gasteiger partial charge in [-0.25, -0.2) is 4.39 Å². The molecule has 0 fully saturated rings. The number of carbonyl (C=O) groups excluding carboxylic acids is 2. The number of rotatable bonds is 10. The quantitative estimate of drug-likeness (QED) is 0.358. The van der Waals surface area contributed by atoms with Crippen molar-refractivity contribution >= 4 is 11.8 Å². The maximum Gasteiger partial charge on any atom is 0.243 e. The lowest BCUT2D eigenvalue weighted by Crippen LogP contribution is -2.55. The van der Waals surface area contributed by atoms with Gasteiger partial charge in [0, 0.05) is 13.5 Å². The third-order valence-corrected chi connectivity index (χ3v) is 6.65. The molecule has 3 atom stereocenters. The van der Waals surface area contributed by atoms with Crippen molar-refractivity contribution in [1.29, 1.82) is 0 Å². The minimum Gasteiger partial charge on any atom is -0.508 e. The van der Waals surface area contributed by atoms with Crippen LogP contribution < -0.4 is 11.1 Å². The number of hydrogen-bond donors (Lipinski definition) is 3. The SMILES string of the molecule is CC(C)[C@@H](C(=O)N[C@@H](Cc1ccc(O)c(C(C)(C)C)c1)c1nnco1)N(C)C(=O)[C@@H](N)Cc1ccc(F)cc1.